The van der Waals surface area contributed by atoms with Gasteiger partial charge in [0.1, 0.15) is 0 Å². The van der Waals surface area contributed by atoms with Crippen LogP contribution in [0.3, 0.4) is 0 Å². The van der Waals surface area contributed by atoms with Gasteiger partial charge in [0, 0.05) is 48.4 Å². The Morgan fingerprint density at radius 1 is 1.03 bits per heavy atom. The molecule has 0 aromatic heterocycles. The van der Waals surface area contributed by atoms with Crippen LogP contribution in [0.4, 0.5) is 5.69 Å². The van der Waals surface area contributed by atoms with Crippen molar-refractivity contribution in [1.29, 1.82) is 0 Å². The van der Waals surface area contributed by atoms with Crippen LogP contribution in [-0.2, 0) is 15.3 Å². The van der Waals surface area contributed by atoms with E-state index in [1.165, 1.54) is 5.56 Å². The van der Waals surface area contributed by atoms with E-state index in [-0.39, 0.29) is 11.8 Å². The average Bonchev–Trinajstić information content (AvgIpc) is 2.77. The molecular weight excluding hydrogens is 384 g/mol. The molecule has 5 nitrogen and oxygen atoms in total. The van der Waals surface area contributed by atoms with Gasteiger partial charge < -0.3 is 15.4 Å². The molecule has 1 heterocycles. The predicted octanol–water partition coefficient (Wildman–Crippen LogP) is 4.25. The van der Waals surface area contributed by atoms with Gasteiger partial charge in [0.15, 0.2) is 0 Å². The highest BCUT2D eigenvalue weighted by atomic mass is 32.2. The molecule has 0 radical (unpaired) electrons. The van der Waals surface area contributed by atoms with Gasteiger partial charge in [0.05, 0.1) is 0 Å². The van der Waals surface area contributed by atoms with Gasteiger partial charge in [-0.05, 0) is 49.1 Å². The molecule has 1 fully saturated rings. The van der Waals surface area contributed by atoms with E-state index in [2.05, 4.69) is 16.7 Å². The molecule has 1 aliphatic heterocycles. The number of carbonyl (C=O) groups is 2. The summed E-state index contributed by atoms with van der Waals surface area (Å²) in [6, 6.07) is 17.1. The molecule has 1 aliphatic rings. The Morgan fingerprint density at radius 2 is 1.83 bits per heavy atom. The fraction of sp³-hybridized carbons (Fsp3) is 0.391. The Balaban J connectivity index is 1.36. The fourth-order valence-electron chi connectivity index (χ4n) is 3.16. The minimum absolute atomic E-state index is 0.0341. The van der Waals surface area contributed by atoms with Gasteiger partial charge in [-0.3, -0.25) is 9.59 Å². The van der Waals surface area contributed by atoms with Gasteiger partial charge in [0.25, 0.3) is 5.91 Å². The van der Waals surface area contributed by atoms with Gasteiger partial charge in [-0.25, -0.2) is 0 Å². The molecule has 0 atom stereocenters. The Labute approximate surface area is 176 Å². The van der Waals surface area contributed by atoms with Gasteiger partial charge in [0.2, 0.25) is 5.91 Å². The molecule has 0 saturated carbocycles. The van der Waals surface area contributed by atoms with Crippen LogP contribution in [0.2, 0.25) is 0 Å². The molecule has 0 unspecified atom stereocenters. The zero-order valence-corrected chi connectivity index (χ0v) is 17.4. The molecule has 0 bridgehead atoms. The van der Waals surface area contributed by atoms with E-state index in [1.54, 1.807) is 12.1 Å². The lowest BCUT2D eigenvalue weighted by Crippen LogP contribution is -2.25. The maximum Gasteiger partial charge on any atom is 0.251 e. The summed E-state index contributed by atoms with van der Waals surface area (Å²) < 4.78 is 5.41. The van der Waals surface area contributed by atoms with Crippen LogP contribution >= 0.6 is 11.8 Å². The average molecular weight is 413 g/mol. The second-order valence-corrected chi connectivity index (χ2v) is 8.39. The van der Waals surface area contributed by atoms with Gasteiger partial charge in [-0.1, -0.05) is 30.3 Å². The number of anilines is 1. The SMILES string of the molecule is O=C(CCCNC(=O)c1ccccc1)Nc1cccc(CSC2CCOCC2)c1. The van der Waals surface area contributed by atoms with Crippen LogP contribution in [0.25, 0.3) is 0 Å². The maximum absolute atomic E-state index is 12.2. The molecule has 0 aliphatic carbocycles. The number of thioether (sulfide) groups is 1. The predicted molar refractivity (Wildman–Crippen MR) is 118 cm³/mol. The highest BCUT2D eigenvalue weighted by molar-refractivity contribution is 7.99. The standard InChI is InChI=1S/C23H28N2O3S/c26-22(10-5-13-24-23(27)19-7-2-1-3-8-19)25-20-9-4-6-18(16-20)17-29-21-11-14-28-15-12-21/h1-4,6-9,16,21H,5,10-15,17H2,(H,24,27)(H,25,26). The summed E-state index contributed by atoms with van der Waals surface area (Å²) in [4.78, 5) is 24.2. The number of benzene rings is 2. The molecular formula is C23H28N2O3S. The number of rotatable bonds is 9. The van der Waals surface area contributed by atoms with Crippen LogP contribution in [0.5, 0.6) is 0 Å². The van der Waals surface area contributed by atoms with Crippen molar-refractivity contribution < 1.29 is 14.3 Å². The number of ether oxygens (including phenoxy) is 1. The van der Waals surface area contributed by atoms with E-state index in [1.807, 2.05) is 48.2 Å². The van der Waals surface area contributed by atoms with Crippen LogP contribution in [0, 0.1) is 0 Å². The fourth-order valence-corrected chi connectivity index (χ4v) is 4.30. The molecule has 29 heavy (non-hydrogen) atoms. The summed E-state index contributed by atoms with van der Waals surface area (Å²) in [6.45, 7) is 2.20. The van der Waals surface area contributed by atoms with Crippen molar-refractivity contribution in [2.45, 2.75) is 36.7 Å². The Kier molecular flexibility index (Phi) is 8.58. The molecule has 6 heteroatoms. The summed E-state index contributed by atoms with van der Waals surface area (Å²) in [5.74, 6) is 0.800. The van der Waals surface area contributed by atoms with E-state index in [0.29, 0.717) is 30.2 Å². The summed E-state index contributed by atoms with van der Waals surface area (Å²) in [6.07, 6.45) is 3.20. The molecule has 1 saturated heterocycles. The van der Waals surface area contributed by atoms with Crippen molar-refractivity contribution in [2.24, 2.45) is 0 Å². The van der Waals surface area contributed by atoms with Crippen molar-refractivity contribution in [3.8, 4) is 0 Å². The highest BCUT2D eigenvalue weighted by Crippen LogP contribution is 2.26. The third-order valence-corrected chi connectivity index (χ3v) is 6.21. The lowest BCUT2D eigenvalue weighted by atomic mass is 10.2. The van der Waals surface area contributed by atoms with E-state index in [4.69, 9.17) is 4.74 Å². The molecule has 3 rings (SSSR count). The third-order valence-electron chi connectivity index (χ3n) is 4.77. The van der Waals surface area contributed by atoms with Crippen molar-refractivity contribution in [1.82, 2.24) is 5.32 Å². The first kappa shape index (κ1) is 21.4. The highest BCUT2D eigenvalue weighted by Gasteiger charge is 2.14. The zero-order chi connectivity index (χ0) is 20.3. The summed E-state index contributed by atoms with van der Waals surface area (Å²) in [5.41, 5.74) is 2.68. The van der Waals surface area contributed by atoms with E-state index in [0.717, 1.165) is 37.5 Å². The molecule has 2 aromatic carbocycles. The first-order valence-electron chi connectivity index (χ1n) is 10.1. The van der Waals surface area contributed by atoms with E-state index >= 15 is 0 Å². The lowest BCUT2D eigenvalue weighted by molar-refractivity contribution is -0.116. The van der Waals surface area contributed by atoms with Gasteiger partial charge >= 0.3 is 0 Å². The van der Waals surface area contributed by atoms with Crippen LogP contribution in [0.1, 0.15) is 41.6 Å². The van der Waals surface area contributed by atoms with Gasteiger partial charge in [-0.15, -0.1) is 0 Å². The lowest BCUT2D eigenvalue weighted by Gasteiger charge is -2.21. The third kappa shape index (κ3) is 7.55. The van der Waals surface area contributed by atoms with Crippen molar-refractivity contribution >= 4 is 29.3 Å². The molecule has 0 spiro atoms. The maximum atomic E-state index is 12.2. The summed E-state index contributed by atoms with van der Waals surface area (Å²) >= 11 is 1.96. The van der Waals surface area contributed by atoms with Crippen LogP contribution in [-0.4, -0.2) is 36.8 Å². The minimum Gasteiger partial charge on any atom is -0.381 e. The number of hydrogen-bond acceptors (Lipinski definition) is 4. The monoisotopic (exact) mass is 412 g/mol. The quantitative estimate of drug-likeness (QED) is 0.604. The van der Waals surface area contributed by atoms with Gasteiger partial charge in [-0.2, -0.15) is 11.8 Å². The number of amides is 2. The van der Waals surface area contributed by atoms with E-state index in [9.17, 15) is 9.59 Å². The number of nitrogens with one attached hydrogen (secondary N) is 2. The number of hydrogen-bond donors (Lipinski definition) is 2. The minimum atomic E-state index is -0.110. The van der Waals surface area contributed by atoms with Crippen LogP contribution < -0.4 is 10.6 Å². The number of carbonyl (C=O) groups excluding carboxylic acids is 2. The van der Waals surface area contributed by atoms with Crippen LogP contribution in [0.15, 0.2) is 54.6 Å². The van der Waals surface area contributed by atoms with Crippen molar-refractivity contribution in [3.05, 3.63) is 65.7 Å². The normalized spacial score (nSPS) is 14.3. The second-order valence-electron chi connectivity index (χ2n) is 7.10. The Bertz CT molecular complexity index is 792. The zero-order valence-electron chi connectivity index (χ0n) is 16.6. The van der Waals surface area contributed by atoms with Crippen molar-refractivity contribution in [2.75, 3.05) is 25.1 Å². The van der Waals surface area contributed by atoms with Crippen molar-refractivity contribution in [3.63, 3.8) is 0 Å². The first-order chi connectivity index (χ1) is 14.2. The first-order valence-corrected chi connectivity index (χ1v) is 11.2. The molecule has 2 N–H and O–H groups in total. The Hall–Kier alpha value is -2.31. The largest absolute Gasteiger partial charge is 0.381 e. The molecule has 2 aromatic rings. The molecule has 2 amide bonds. The smallest absolute Gasteiger partial charge is 0.251 e. The Morgan fingerprint density at radius 3 is 2.62 bits per heavy atom. The summed E-state index contributed by atoms with van der Waals surface area (Å²) in [5, 5.41) is 6.46. The van der Waals surface area contributed by atoms with E-state index < -0.39 is 0 Å². The topological polar surface area (TPSA) is 67.4 Å². The second kappa shape index (κ2) is 11.6. The molecule has 154 valence electrons. The summed E-state index contributed by atoms with van der Waals surface area (Å²) in [7, 11) is 0.